The number of amides is 1. The summed E-state index contributed by atoms with van der Waals surface area (Å²) in [5, 5.41) is 2.86. The number of nitrogens with one attached hydrogen (secondary N) is 1. The van der Waals surface area contributed by atoms with E-state index in [1.54, 1.807) is 20.8 Å². The number of benzene rings is 1. The molecule has 1 aliphatic heterocycles. The summed E-state index contributed by atoms with van der Waals surface area (Å²) in [4.78, 5) is 13.2. The zero-order valence-electron chi connectivity index (χ0n) is 11.1. The van der Waals surface area contributed by atoms with E-state index >= 15 is 0 Å². The van der Waals surface area contributed by atoms with Crippen LogP contribution in [0.2, 0.25) is 0 Å². The molecular formula is C13H16F2N2O2. The Bertz CT molecular complexity index is 512. The van der Waals surface area contributed by atoms with E-state index in [-0.39, 0.29) is 17.9 Å². The molecule has 1 heterocycles. The smallest absolute Gasteiger partial charge is 0.415 e. The number of anilines is 2. The van der Waals surface area contributed by atoms with Gasteiger partial charge >= 0.3 is 6.09 Å². The number of nitrogens with zero attached hydrogens (tertiary/aromatic N) is 1. The highest BCUT2D eigenvalue weighted by atomic mass is 19.1. The highest BCUT2D eigenvalue weighted by molar-refractivity contribution is 5.93. The van der Waals surface area contributed by atoms with Crippen LogP contribution >= 0.6 is 0 Å². The Labute approximate surface area is 110 Å². The van der Waals surface area contributed by atoms with Crippen molar-refractivity contribution in [1.29, 1.82) is 0 Å². The number of ether oxygens (including phenoxy) is 1. The van der Waals surface area contributed by atoms with E-state index in [0.29, 0.717) is 6.54 Å². The molecule has 2 rings (SSSR count). The lowest BCUT2D eigenvalue weighted by molar-refractivity contribution is 0.0579. The van der Waals surface area contributed by atoms with Crippen LogP contribution in [0.15, 0.2) is 12.1 Å². The Morgan fingerprint density at radius 3 is 2.68 bits per heavy atom. The molecule has 0 unspecified atom stereocenters. The monoisotopic (exact) mass is 270 g/mol. The molecule has 19 heavy (non-hydrogen) atoms. The standard InChI is InChI=1S/C13H16F2N2O2/c1-13(2,3)19-12(18)17-5-4-16-10-7-8(14)6-9(15)11(10)17/h6-7,16H,4-5H2,1-3H3. The highest BCUT2D eigenvalue weighted by Crippen LogP contribution is 2.33. The van der Waals surface area contributed by atoms with Crippen molar-refractivity contribution >= 4 is 17.5 Å². The van der Waals surface area contributed by atoms with Crippen molar-refractivity contribution in [3.05, 3.63) is 23.8 Å². The summed E-state index contributed by atoms with van der Waals surface area (Å²) < 4.78 is 32.2. The first-order valence-corrected chi connectivity index (χ1v) is 6.01. The van der Waals surface area contributed by atoms with Gasteiger partial charge in [-0.25, -0.2) is 13.6 Å². The predicted octanol–water partition coefficient (Wildman–Crippen LogP) is 3.13. The minimum absolute atomic E-state index is 0.0295. The van der Waals surface area contributed by atoms with Gasteiger partial charge in [0.15, 0.2) is 5.82 Å². The Hall–Kier alpha value is -1.85. The van der Waals surface area contributed by atoms with Crippen LogP contribution in [-0.4, -0.2) is 24.8 Å². The summed E-state index contributed by atoms with van der Waals surface area (Å²) in [5.74, 6) is -1.47. The molecule has 0 aliphatic carbocycles. The molecule has 1 aromatic rings. The van der Waals surface area contributed by atoms with Crippen molar-refractivity contribution in [3.8, 4) is 0 Å². The number of fused-ring (bicyclic) bond motifs is 1. The lowest BCUT2D eigenvalue weighted by atomic mass is 10.2. The first kappa shape index (κ1) is 13.6. The lowest BCUT2D eigenvalue weighted by Gasteiger charge is -2.32. The first-order chi connectivity index (χ1) is 8.78. The SMILES string of the molecule is CC(C)(C)OC(=O)N1CCNc2cc(F)cc(F)c21. The van der Waals surface area contributed by atoms with Crippen LogP contribution in [0.1, 0.15) is 20.8 Å². The van der Waals surface area contributed by atoms with Crippen molar-refractivity contribution in [1.82, 2.24) is 0 Å². The maximum atomic E-state index is 13.8. The first-order valence-electron chi connectivity index (χ1n) is 6.01. The summed E-state index contributed by atoms with van der Waals surface area (Å²) in [5.41, 5.74) is -0.380. The predicted molar refractivity (Wildman–Crippen MR) is 68.4 cm³/mol. The van der Waals surface area contributed by atoms with Crippen LogP contribution < -0.4 is 10.2 Å². The van der Waals surface area contributed by atoms with E-state index in [1.807, 2.05) is 0 Å². The Morgan fingerprint density at radius 2 is 2.05 bits per heavy atom. The number of hydrogen-bond acceptors (Lipinski definition) is 3. The highest BCUT2D eigenvalue weighted by Gasteiger charge is 2.30. The molecule has 4 nitrogen and oxygen atoms in total. The van der Waals surface area contributed by atoms with E-state index in [9.17, 15) is 13.6 Å². The van der Waals surface area contributed by atoms with Gasteiger partial charge in [-0.1, -0.05) is 0 Å². The third-order valence-electron chi connectivity index (χ3n) is 2.56. The summed E-state index contributed by atoms with van der Waals surface area (Å²) in [6.07, 6.45) is -0.638. The fraction of sp³-hybridized carbons (Fsp3) is 0.462. The van der Waals surface area contributed by atoms with Gasteiger partial charge in [-0.2, -0.15) is 0 Å². The molecule has 1 amide bonds. The largest absolute Gasteiger partial charge is 0.443 e. The average Bonchev–Trinajstić information content (AvgIpc) is 2.25. The van der Waals surface area contributed by atoms with Crippen LogP contribution in [-0.2, 0) is 4.74 Å². The van der Waals surface area contributed by atoms with Crippen LogP contribution in [0.5, 0.6) is 0 Å². The van der Waals surface area contributed by atoms with Gasteiger partial charge in [0, 0.05) is 19.2 Å². The van der Waals surface area contributed by atoms with Crippen LogP contribution in [0.4, 0.5) is 25.0 Å². The molecule has 0 saturated carbocycles. The van der Waals surface area contributed by atoms with E-state index in [1.165, 1.54) is 4.90 Å². The quantitative estimate of drug-likeness (QED) is 0.787. The number of carbonyl (C=O) groups excluding carboxylic acids is 1. The molecule has 0 radical (unpaired) electrons. The lowest BCUT2D eigenvalue weighted by Crippen LogP contribution is -2.42. The summed E-state index contributed by atoms with van der Waals surface area (Å²) >= 11 is 0. The van der Waals surface area contributed by atoms with Gasteiger partial charge in [-0.15, -0.1) is 0 Å². The van der Waals surface area contributed by atoms with Crippen molar-refractivity contribution in [2.45, 2.75) is 26.4 Å². The topological polar surface area (TPSA) is 41.6 Å². The van der Waals surface area contributed by atoms with E-state index in [4.69, 9.17) is 4.74 Å². The maximum absolute atomic E-state index is 13.8. The second-order valence-corrected chi connectivity index (χ2v) is 5.34. The van der Waals surface area contributed by atoms with E-state index < -0.39 is 23.3 Å². The van der Waals surface area contributed by atoms with Gasteiger partial charge in [0.25, 0.3) is 0 Å². The number of hydrogen-bond donors (Lipinski definition) is 1. The summed E-state index contributed by atoms with van der Waals surface area (Å²) in [7, 11) is 0. The van der Waals surface area contributed by atoms with E-state index in [0.717, 1.165) is 12.1 Å². The molecule has 0 bridgehead atoms. The Kier molecular flexibility index (Phi) is 3.34. The fourth-order valence-corrected chi connectivity index (χ4v) is 1.89. The van der Waals surface area contributed by atoms with Gasteiger partial charge < -0.3 is 10.1 Å². The van der Waals surface area contributed by atoms with Gasteiger partial charge in [0.2, 0.25) is 0 Å². The third kappa shape index (κ3) is 2.94. The van der Waals surface area contributed by atoms with Crippen LogP contribution in [0, 0.1) is 11.6 Å². The minimum atomic E-state index is -0.784. The van der Waals surface area contributed by atoms with Crippen LogP contribution in [0.25, 0.3) is 0 Å². The third-order valence-corrected chi connectivity index (χ3v) is 2.56. The zero-order chi connectivity index (χ0) is 14.2. The van der Waals surface area contributed by atoms with Crippen molar-refractivity contribution in [2.75, 3.05) is 23.3 Å². The van der Waals surface area contributed by atoms with Gasteiger partial charge in [-0.05, 0) is 26.8 Å². The Balaban J connectivity index is 2.35. The van der Waals surface area contributed by atoms with Gasteiger partial charge in [0.05, 0.1) is 5.69 Å². The van der Waals surface area contributed by atoms with Crippen molar-refractivity contribution in [2.24, 2.45) is 0 Å². The molecular weight excluding hydrogens is 254 g/mol. The zero-order valence-corrected chi connectivity index (χ0v) is 11.1. The molecule has 6 heteroatoms. The van der Waals surface area contributed by atoms with Gasteiger partial charge in [-0.3, -0.25) is 4.90 Å². The second kappa shape index (κ2) is 4.68. The summed E-state index contributed by atoms with van der Waals surface area (Å²) in [6.45, 7) is 5.87. The second-order valence-electron chi connectivity index (χ2n) is 5.34. The number of rotatable bonds is 0. The maximum Gasteiger partial charge on any atom is 0.415 e. The van der Waals surface area contributed by atoms with Crippen LogP contribution in [0.3, 0.4) is 0 Å². The molecule has 1 aromatic carbocycles. The average molecular weight is 270 g/mol. The van der Waals surface area contributed by atoms with Crippen molar-refractivity contribution in [3.63, 3.8) is 0 Å². The molecule has 0 atom stereocenters. The molecule has 0 spiro atoms. The van der Waals surface area contributed by atoms with E-state index in [2.05, 4.69) is 5.32 Å². The molecule has 0 saturated heterocycles. The molecule has 104 valence electrons. The fourth-order valence-electron chi connectivity index (χ4n) is 1.89. The summed E-state index contributed by atoms with van der Waals surface area (Å²) in [6, 6.07) is 1.91. The number of halogens is 2. The van der Waals surface area contributed by atoms with Gasteiger partial charge in [0.1, 0.15) is 17.1 Å². The Morgan fingerprint density at radius 1 is 1.37 bits per heavy atom. The molecule has 1 aliphatic rings. The van der Waals surface area contributed by atoms with Crippen molar-refractivity contribution < 1.29 is 18.3 Å². The number of carbonyl (C=O) groups is 1. The molecule has 1 N–H and O–H groups in total. The minimum Gasteiger partial charge on any atom is -0.443 e. The normalized spacial score (nSPS) is 14.7. The molecule has 0 aromatic heterocycles. The molecule has 0 fully saturated rings.